The SMILES string of the molecule is CCn1nc(C)c(C(C)Nc2cccc(Cl)c2C)c1C. The summed E-state index contributed by atoms with van der Waals surface area (Å²) < 4.78 is 2.05. The molecule has 2 aromatic rings. The molecule has 1 heterocycles. The van der Waals surface area contributed by atoms with Gasteiger partial charge in [0, 0.05) is 28.5 Å². The molecule has 0 saturated heterocycles. The lowest BCUT2D eigenvalue weighted by molar-refractivity contribution is 0.632. The molecule has 2 rings (SSSR count). The predicted molar refractivity (Wildman–Crippen MR) is 85.6 cm³/mol. The fraction of sp³-hybridized carbons (Fsp3) is 0.438. The Kier molecular flexibility index (Phi) is 4.39. The van der Waals surface area contributed by atoms with Gasteiger partial charge in [-0.05, 0) is 52.3 Å². The largest absolute Gasteiger partial charge is 0.378 e. The summed E-state index contributed by atoms with van der Waals surface area (Å²) in [5, 5.41) is 8.92. The molecule has 1 aromatic heterocycles. The van der Waals surface area contributed by atoms with Crippen LogP contribution in [0.2, 0.25) is 5.02 Å². The molecule has 1 N–H and O–H groups in total. The monoisotopic (exact) mass is 291 g/mol. The number of halogens is 1. The van der Waals surface area contributed by atoms with Crippen LogP contribution in [0.1, 0.15) is 42.4 Å². The zero-order chi connectivity index (χ0) is 14.9. The van der Waals surface area contributed by atoms with Gasteiger partial charge in [0.15, 0.2) is 0 Å². The van der Waals surface area contributed by atoms with Crippen molar-refractivity contribution in [3.05, 3.63) is 45.7 Å². The maximum Gasteiger partial charge on any atom is 0.0649 e. The Morgan fingerprint density at radius 2 is 2.00 bits per heavy atom. The van der Waals surface area contributed by atoms with Crippen molar-refractivity contribution in [3.63, 3.8) is 0 Å². The van der Waals surface area contributed by atoms with E-state index in [4.69, 9.17) is 11.6 Å². The molecule has 0 fully saturated rings. The average Bonchev–Trinajstić information content (AvgIpc) is 2.69. The van der Waals surface area contributed by atoms with Crippen LogP contribution >= 0.6 is 11.6 Å². The zero-order valence-electron chi connectivity index (χ0n) is 12.8. The molecule has 3 nitrogen and oxygen atoms in total. The summed E-state index contributed by atoms with van der Waals surface area (Å²) >= 11 is 6.18. The van der Waals surface area contributed by atoms with Crippen molar-refractivity contribution in [1.29, 1.82) is 0 Å². The summed E-state index contributed by atoms with van der Waals surface area (Å²) in [6.45, 7) is 11.4. The van der Waals surface area contributed by atoms with Crippen LogP contribution in [0.5, 0.6) is 0 Å². The Hall–Kier alpha value is -1.48. The lowest BCUT2D eigenvalue weighted by Crippen LogP contribution is -2.10. The highest BCUT2D eigenvalue weighted by molar-refractivity contribution is 6.31. The van der Waals surface area contributed by atoms with Gasteiger partial charge in [0.1, 0.15) is 0 Å². The molecule has 0 radical (unpaired) electrons. The van der Waals surface area contributed by atoms with E-state index in [1.807, 2.05) is 23.7 Å². The molecule has 108 valence electrons. The molecule has 0 saturated carbocycles. The summed E-state index contributed by atoms with van der Waals surface area (Å²) in [5.74, 6) is 0. The number of nitrogens with one attached hydrogen (secondary N) is 1. The Bertz CT molecular complexity index is 616. The van der Waals surface area contributed by atoms with Crippen LogP contribution in [-0.4, -0.2) is 9.78 Å². The van der Waals surface area contributed by atoms with E-state index in [1.54, 1.807) is 0 Å². The van der Waals surface area contributed by atoms with Crippen molar-refractivity contribution in [3.8, 4) is 0 Å². The van der Waals surface area contributed by atoms with E-state index in [-0.39, 0.29) is 6.04 Å². The van der Waals surface area contributed by atoms with Crippen molar-refractivity contribution in [2.24, 2.45) is 0 Å². The Morgan fingerprint density at radius 3 is 2.60 bits per heavy atom. The fourth-order valence-electron chi connectivity index (χ4n) is 2.71. The zero-order valence-corrected chi connectivity index (χ0v) is 13.5. The molecule has 1 atom stereocenters. The van der Waals surface area contributed by atoms with Gasteiger partial charge in [-0.2, -0.15) is 5.10 Å². The normalized spacial score (nSPS) is 12.5. The third kappa shape index (κ3) is 2.68. The van der Waals surface area contributed by atoms with Gasteiger partial charge in [-0.25, -0.2) is 0 Å². The first-order valence-electron chi connectivity index (χ1n) is 7.01. The number of nitrogens with zero attached hydrogens (tertiary/aromatic N) is 2. The van der Waals surface area contributed by atoms with Gasteiger partial charge < -0.3 is 5.32 Å². The topological polar surface area (TPSA) is 29.9 Å². The van der Waals surface area contributed by atoms with Crippen LogP contribution < -0.4 is 5.32 Å². The maximum atomic E-state index is 6.18. The summed E-state index contributed by atoms with van der Waals surface area (Å²) in [4.78, 5) is 0. The van der Waals surface area contributed by atoms with Gasteiger partial charge in [0.2, 0.25) is 0 Å². The fourth-order valence-corrected chi connectivity index (χ4v) is 2.89. The third-order valence-electron chi connectivity index (χ3n) is 3.81. The van der Waals surface area contributed by atoms with Gasteiger partial charge >= 0.3 is 0 Å². The first kappa shape index (κ1) is 14.9. The van der Waals surface area contributed by atoms with E-state index < -0.39 is 0 Å². The molecule has 0 aliphatic rings. The number of rotatable bonds is 4. The van der Waals surface area contributed by atoms with Crippen LogP contribution in [0.15, 0.2) is 18.2 Å². The Morgan fingerprint density at radius 1 is 1.30 bits per heavy atom. The van der Waals surface area contributed by atoms with Crippen LogP contribution in [0.25, 0.3) is 0 Å². The molecule has 0 spiro atoms. The van der Waals surface area contributed by atoms with Gasteiger partial charge in [0.25, 0.3) is 0 Å². The molecule has 0 amide bonds. The molecular weight excluding hydrogens is 270 g/mol. The number of aryl methyl sites for hydroxylation is 2. The van der Waals surface area contributed by atoms with E-state index in [0.717, 1.165) is 28.5 Å². The Labute approximate surface area is 126 Å². The minimum absolute atomic E-state index is 0.201. The molecular formula is C16H22ClN3. The van der Waals surface area contributed by atoms with E-state index in [2.05, 4.69) is 44.2 Å². The van der Waals surface area contributed by atoms with Crippen LogP contribution in [-0.2, 0) is 6.54 Å². The summed E-state index contributed by atoms with van der Waals surface area (Å²) in [6.07, 6.45) is 0. The predicted octanol–water partition coefficient (Wildman–Crippen LogP) is 4.65. The molecule has 1 aromatic carbocycles. The first-order chi connectivity index (χ1) is 9.45. The molecule has 0 aliphatic heterocycles. The minimum atomic E-state index is 0.201. The standard InChI is InChI=1S/C16H22ClN3/c1-6-20-13(5)16(12(4)19-20)11(3)18-15-9-7-8-14(17)10(15)2/h7-9,11,18H,6H2,1-5H3. The minimum Gasteiger partial charge on any atom is -0.378 e. The smallest absolute Gasteiger partial charge is 0.0649 e. The average molecular weight is 292 g/mol. The quantitative estimate of drug-likeness (QED) is 0.888. The van der Waals surface area contributed by atoms with E-state index in [9.17, 15) is 0 Å². The number of hydrogen-bond donors (Lipinski definition) is 1. The highest BCUT2D eigenvalue weighted by Gasteiger charge is 2.17. The van der Waals surface area contributed by atoms with Crippen LogP contribution in [0.3, 0.4) is 0 Å². The van der Waals surface area contributed by atoms with Gasteiger partial charge in [-0.3, -0.25) is 4.68 Å². The van der Waals surface area contributed by atoms with E-state index >= 15 is 0 Å². The van der Waals surface area contributed by atoms with Crippen molar-refractivity contribution in [1.82, 2.24) is 9.78 Å². The third-order valence-corrected chi connectivity index (χ3v) is 4.22. The molecule has 0 aliphatic carbocycles. The maximum absolute atomic E-state index is 6.18. The second-order valence-electron chi connectivity index (χ2n) is 5.18. The summed E-state index contributed by atoms with van der Waals surface area (Å²) in [7, 11) is 0. The van der Waals surface area contributed by atoms with Crippen LogP contribution in [0, 0.1) is 20.8 Å². The van der Waals surface area contributed by atoms with E-state index in [1.165, 1.54) is 11.3 Å². The van der Waals surface area contributed by atoms with E-state index in [0.29, 0.717) is 0 Å². The van der Waals surface area contributed by atoms with Crippen molar-refractivity contribution in [2.45, 2.75) is 47.2 Å². The van der Waals surface area contributed by atoms with Crippen molar-refractivity contribution >= 4 is 17.3 Å². The second-order valence-corrected chi connectivity index (χ2v) is 5.59. The first-order valence-corrected chi connectivity index (χ1v) is 7.39. The van der Waals surface area contributed by atoms with Crippen molar-refractivity contribution < 1.29 is 0 Å². The molecule has 4 heteroatoms. The van der Waals surface area contributed by atoms with Gasteiger partial charge in [-0.15, -0.1) is 0 Å². The molecule has 20 heavy (non-hydrogen) atoms. The molecule has 0 bridgehead atoms. The number of anilines is 1. The number of aromatic nitrogens is 2. The highest BCUT2D eigenvalue weighted by Crippen LogP contribution is 2.29. The number of benzene rings is 1. The number of hydrogen-bond acceptors (Lipinski definition) is 2. The summed E-state index contributed by atoms with van der Waals surface area (Å²) in [5.41, 5.74) is 5.74. The lowest BCUT2D eigenvalue weighted by atomic mass is 10.1. The highest BCUT2D eigenvalue weighted by atomic mass is 35.5. The van der Waals surface area contributed by atoms with Crippen LogP contribution in [0.4, 0.5) is 5.69 Å². The lowest BCUT2D eigenvalue weighted by Gasteiger charge is -2.18. The Balaban J connectivity index is 2.31. The van der Waals surface area contributed by atoms with Crippen molar-refractivity contribution in [2.75, 3.05) is 5.32 Å². The van der Waals surface area contributed by atoms with Gasteiger partial charge in [-0.1, -0.05) is 17.7 Å². The second kappa shape index (κ2) is 5.88. The van der Waals surface area contributed by atoms with Gasteiger partial charge in [0.05, 0.1) is 11.7 Å². The summed E-state index contributed by atoms with van der Waals surface area (Å²) in [6, 6.07) is 6.15. The molecule has 1 unspecified atom stereocenters.